The van der Waals surface area contributed by atoms with E-state index in [0.717, 1.165) is 5.56 Å². The number of nitrogens with zero attached hydrogens (tertiary/aromatic N) is 1. The number of rotatable bonds is 10. The Morgan fingerprint density at radius 2 is 1.60 bits per heavy atom. The van der Waals surface area contributed by atoms with Gasteiger partial charge in [-0.2, -0.15) is 0 Å². The van der Waals surface area contributed by atoms with Gasteiger partial charge < -0.3 is 19.1 Å². The first-order valence-electron chi connectivity index (χ1n) is 10.9. The van der Waals surface area contributed by atoms with Gasteiger partial charge in [0.05, 0.1) is 26.2 Å². The zero-order valence-corrected chi connectivity index (χ0v) is 21.3. The zero-order chi connectivity index (χ0) is 25.6. The van der Waals surface area contributed by atoms with Crippen molar-refractivity contribution in [2.75, 3.05) is 28.4 Å². The summed E-state index contributed by atoms with van der Waals surface area (Å²) in [5.74, 6) is 1.09. The van der Waals surface area contributed by atoms with Gasteiger partial charge in [-0.05, 0) is 42.3 Å². The highest BCUT2D eigenvalue weighted by atomic mass is 32.2. The fourth-order valence-corrected chi connectivity index (χ4v) is 4.72. The standard InChI is InChI=1S/C26H30N2O6S/c1-18-11-13-21(35(30,31)27-16-19-9-7-6-8-10-19)15-22(18)26(29)28(2)17-20-12-14-23(32-3)25(34-5)24(20)33-4/h6-15,27H,16-17H2,1-5H3. The third kappa shape index (κ3) is 5.93. The zero-order valence-electron chi connectivity index (χ0n) is 20.5. The largest absolute Gasteiger partial charge is 0.493 e. The highest BCUT2D eigenvalue weighted by Crippen LogP contribution is 2.40. The quantitative estimate of drug-likeness (QED) is 0.457. The molecule has 0 aliphatic rings. The number of hydrogen-bond donors (Lipinski definition) is 1. The van der Waals surface area contributed by atoms with Crippen molar-refractivity contribution in [2.45, 2.75) is 24.9 Å². The molecular formula is C26H30N2O6S. The lowest BCUT2D eigenvalue weighted by Gasteiger charge is -2.22. The molecular weight excluding hydrogens is 468 g/mol. The predicted octanol–water partition coefficient (Wildman–Crippen LogP) is 3.77. The van der Waals surface area contributed by atoms with Crippen LogP contribution < -0.4 is 18.9 Å². The van der Waals surface area contributed by atoms with Crippen molar-refractivity contribution in [1.82, 2.24) is 9.62 Å². The van der Waals surface area contributed by atoms with Crippen LogP contribution in [0.1, 0.15) is 27.0 Å². The van der Waals surface area contributed by atoms with E-state index in [1.807, 2.05) is 30.3 Å². The van der Waals surface area contributed by atoms with Gasteiger partial charge in [0.1, 0.15) is 0 Å². The molecule has 0 heterocycles. The summed E-state index contributed by atoms with van der Waals surface area (Å²) in [7, 11) is 2.40. The summed E-state index contributed by atoms with van der Waals surface area (Å²) in [5.41, 5.74) is 2.52. The van der Waals surface area contributed by atoms with Gasteiger partial charge in [-0.1, -0.05) is 36.4 Å². The maximum Gasteiger partial charge on any atom is 0.254 e. The van der Waals surface area contributed by atoms with Crippen LogP contribution in [-0.4, -0.2) is 47.6 Å². The van der Waals surface area contributed by atoms with Crippen molar-refractivity contribution in [3.05, 3.63) is 82.9 Å². The summed E-state index contributed by atoms with van der Waals surface area (Å²) in [6.07, 6.45) is 0. The number of carbonyl (C=O) groups is 1. The van der Waals surface area contributed by atoms with Gasteiger partial charge in [-0.3, -0.25) is 4.79 Å². The van der Waals surface area contributed by atoms with Gasteiger partial charge in [0, 0.05) is 31.3 Å². The van der Waals surface area contributed by atoms with Crippen molar-refractivity contribution in [3.63, 3.8) is 0 Å². The van der Waals surface area contributed by atoms with Gasteiger partial charge in [0.25, 0.3) is 5.91 Å². The number of sulfonamides is 1. The van der Waals surface area contributed by atoms with Gasteiger partial charge in [-0.25, -0.2) is 13.1 Å². The lowest BCUT2D eigenvalue weighted by molar-refractivity contribution is 0.0783. The number of nitrogens with one attached hydrogen (secondary N) is 1. The average Bonchev–Trinajstić information content (AvgIpc) is 2.87. The second-order valence-corrected chi connectivity index (χ2v) is 9.71. The molecule has 0 unspecified atom stereocenters. The smallest absolute Gasteiger partial charge is 0.254 e. The Hall–Kier alpha value is -3.56. The topological polar surface area (TPSA) is 94.2 Å². The van der Waals surface area contributed by atoms with Crippen LogP contribution in [0.4, 0.5) is 0 Å². The van der Waals surface area contributed by atoms with Crippen LogP contribution >= 0.6 is 0 Å². The Kier molecular flexibility index (Phi) is 8.37. The fourth-order valence-electron chi connectivity index (χ4n) is 3.68. The third-order valence-electron chi connectivity index (χ3n) is 5.60. The summed E-state index contributed by atoms with van der Waals surface area (Å²) in [6, 6.07) is 17.3. The van der Waals surface area contributed by atoms with E-state index in [9.17, 15) is 13.2 Å². The summed E-state index contributed by atoms with van der Waals surface area (Å²) >= 11 is 0. The molecule has 3 aromatic rings. The number of aryl methyl sites for hydroxylation is 1. The highest BCUT2D eigenvalue weighted by Gasteiger charge is 2.22. The molecule has 9 heteroatoms. The number of hydrogen-bond acceptors (Lipinski definition) is 6. The molecule has 0 saturated carbocycles. The van der Waals surface area contributed by atoms with Crippen LogP contribution in [0.2, 0.25) is 0 Å². The lowest BCUT2D eigenvalue weighted by atomic mass is 10.1. The van der Waals surface area contributed by atoms with Crippen molar-refractivity contribution >= 4 is 15.9 Å². The van der Waals surface area contributed by atoms with Crippen LogP contribution in [0.5, 0.6) is 17.2 Å². The second kappa shape index (κ2) is 11.2. The van der Waals surface area contributed by atoms with Crippen molar-refractivity contribution in [2.24, 2.45) is 0 Å². The van der Waals surface area contributed by atoms with E-state index in [-0.39, 0.29) is 23.9 Å². The number of carbonyl (C=O) groups excluding carboxylic acids is 1. The Balaban J connectivity index is 1.84. The molecule has 1 amide bonds. The molecule has 0 radical (unpaired) electrons. The van der Waals surface area contributed by atoms with Crippen LogP contribution in [0, 0.1) is 6.92 Å². The van der Waals surface area contributed by atoms with Crippen LogP contribution in [0.25, 0.3) is 0 Å². The van der Waals surface area contributed by atoms with Crippen LogP contribution in [0.15, 0.2) is 65.6 Å². The molecule has 8 nitrogen and oxygen atoms in total. The van der Waals surface area contributed by atoms with Gasteiger partial charge in [-0.15, -0.1) is 0 Å². The minimum atomic E-state index is -3.81. The lowest BCUT2D eigenvalue weighted by Crippen LogP contribution is -2.28. The summed E-state index contributed by atoms with van der Waals surface area (Å²) < 4.78 is 44.6. The summed E-state index contributed by atoms with van der Waals surface area (Å²) in [6.45, 7) is 2.14. The van der Waals surface area contributed by atoms with E-state index in [0.29, 0.717) is 33.9 Å². The first kappa shape index (κ1) is 26.1. The first-order valence-corrected chi connectivity index (χ1v) is 12.4. The number of amides is 1. The third-order valence-corrected chi connectivity index (χ3v) is 7.00. The van der Waals surface area contributed by atoms with Crippen molar-refractivity contribution in [1.29, 1.82) is 0 Å². The van der Waals surface area contributed by atoms with Crippen molar-refractivity contribution in [3.8, 4) is 17.2 Å². The minimum absolute atomic E-state index is 0.0273. The molecule has 0 spiro atoms. The molecule has 0 bridgehead atoms. The van der Waals surface area contributed by atoms with Gasteiger partial charge in [0.2, 0.25) is 15.8 Å². The number of benzene rings is 3. The molecule has 0 aliphatic carbocycles. The second-order valence-electron chi connectivity index (χ2n) is 7.94. The molecule has 0 atom stereocenters. The van der Waals surface area contributed by atoms with E-state index < -0.39 is 10.0 Å². The maximum absolute atomic E-state index is 13.3. The molecule has 0 fully saturated rings. The molecule has 0 saturated heterocycles. The Morgan fingerprint density at radius 1 is 0.914 bits per heavy atom. The Labute approximate surface area is 206 Å². The molecule has 0 aromatic heterocycles. The monoisotopic (exact) mass is 498 g/mol. The summed E-state index contributed by atoms with van der Waals surface area (Å²) in [5, 5.41) is 0. The molecule has 3 rings (SSSR count). The first-order chi connectivity index (χ1) is 16.7. The highest BCUT2D eigenvalue weighted by molar-refractivity contribution is 7.89. The Bertz CT molecular complexity index is 1290. The molecule has 0 aliphatic heterocycles. The number of ether oxygens (including phenoxy) is 3. The normalized spacial score (nSPS) is 11.1. The average molecular weight is 499 g/mol. The van der Waals surface area contributed by atoms with Crippen LogP contribution in [-0.2, 0) is 23.1 Å². The SMILES string of the molecule is COc1ccc(CN(C)C(=O)c2cc(S(=O)(=O)NCc3ccccc3)ccc2C)c(OC)c1OC. The molecule has 1 N–H and O–H groups in total. The van der Waals surface area contributed by atoms with E-state index in [1.165, 1.54) is 38.4 Å². The van der Waals surface area contributed by atoms with E-state index in [1.54, 1.807) is 32.2 Å². The number of methoxy groups -OCH3 is 3. The minimum Gasteiger partial charge on any atom is -0.493 e. The van der Waals surface area contributed by atoms with E-state index in [2.05, 4.69) is 4.72 Å². The van der Waals surface area contributed by atoms with E-state index in [4.69, 9.17) is 14.2 Å². The molecule has 35 heavy (non-hydrogen) atoms. The van der Waals surface area contributed by atoms with Gasteiger partial charge >= 0.3 is 0 Å². The van der Waals surface area contributed by atoms with Crippen molar-refractivity contribution < 1.29 is 27.4 Å². The van der Waals surface area contributed by atoms with Crippen LogP contribution in [0.3, 0.4) is 0 Å². The van der Waals surface area contributed by atoms with E-state index >= 15 is 0 Å². The molecule has 186 valence electrons. The maximum atomic E-state index is 13.3. The summed E-state index contributed by atoms with van der Waals surface area (Å²) in [4.78, 5) is 14.8. The predicted molar refractivity (Wildman–Crippen MR) is 134 cm³/mol. The fraction of sp³-hybridized carbons (Fsp3) is 0.269. The van der Waals surface area contributed by atoms with Gasteiger partial charge in [0.15, 0.2) is 11.5 Å². The Morgan fingerprint density at radius 3 is 2.23 bits per heavy atom. The molecule has 3 aromatic carbocycles.